The first-order valence-electron chi connectivity index (χ1n) is 9.80. The van der Waals surface area contributed by atoms with Crippen molar-refractivity contribution in [2.24, 2.45) is 11.3 Å². The summed E-state index contributed by atoms with van der Waals surface area (Å²) in [7, 11) is 0. The summed E-state index contributed by atoms with van der Waals surface area (Å²) in [5.41, 5.74) is 1.42. The Morgan fingerprint density at radius 2 is 1.96 bits per heavy atom. The Balaban J connectivity index is 1.81. The Morgan fingerprint density at radius 1 is 1.17 bits per heavy atom. The number of benzene rings is 1. The van der Waals surface area contributed by atoms with Crippen LogP contribution in [-0.4, -0.2) is 11.9 Å². The second-order valence-corrected chi connectivity index (χ2v) is 8.43. The van der Waals surface area contributed by atoms with Crippen LogP contribution in [-0.2, 0) is 4.79 Å². The molecule has 1 heterocycles. The van der Waals surface area contributed by atoms with Crippen LogP contribution < -0.4 is 4.74 Å². The molecular weight excluding hydrogens is 296 g/mol. The zero-order valence-corrected chi connectivity index (χ0v) is 15.5. The topological polar surface area (TPSA) is 26.3 Å². The van der Waals surface area contributed by atoms with E-state index in [2.05, 4.69) is 45.0 Å². The van der Waals surface area contributed by atoms with Gasteiger partial charge in [-0.25, -0.2) is 0 Å². The van der Waals surface area contributed by atoms with Crippen molar-refractivity contribution in [2.75, 3.05) is 0 Å². The summed E-state index contributed by atoms with van der Waals surface area (Å²) in [6.45, 7) is 6.99. The van der Waals surface area contributed by atoms with Gasteiger partial charge in [0.05, 0.1) is 0 Å². The van der Waals surface area contributed by atoms with Crippen molar-refractivity contribution in [1.82, 2.24) is 0 Å². The van der Waals surface area contributed by atoms with Crippen molar-refractivity contribution < 1.29 is 9.53 Å². The number of Topliss-reactive ketones (excluding diaryl/α,β-unsaturated/α-hetero) is 1. The van der Waals surface area contributed by atoms with Gasteiger partial charge in [0.1, 0.15) is 17.6 Å². The lowest BCUT2D eigenvalue weighted by molar-refractivity contribution is -0.124. The van der Waals surface area contributed by atoms with E-state index in [9.17, 15) is 4.79 Å². The number of unbranched alkanes of at least 4 members (excludes halogenated alkanes) is 3. The lowest BCUT2D eigenvalue weighted by Gasteiger charge is -2.48. The molecule has 1 aromatic carbocycles. The van der Waals surface area contributed by atoms with Gasteiger partial charge in [-0.1, -0.05) is 64.7 Å². The van der Waals surface area contributed by atoms with Crippen molar-refractivity contribution in [1.29, 1.82) is 0 Å². The van der Waals surface area contributed by atoms with Crippen molar-refractivity contribution in [2.45, 2.75) is 84.2 Å². The van der Waals surface area contributed by atoms with Crippen LogP contribution in [0.3, 0.4) is 0 Å². The molecule has 1 fully saturated rings. The monoisotopic (exact) mass is 328 g/mol. The van der Waals surface area contributed by atoms with E-state index in [-0.39, 0.29) is 11.5 Å². The van der Waals surface area contributed by atoms with Crippen LogP contribution in [0, 0.1) is 11.3 Å². The fourth-order valence-electron chi connectivity index (χ4n) is 4.74. The van der Waals surface area contributed by atoms with Crippen LogP contribution in [0.15, 0.2) is 24.3 Å². The first-order valence-corrected chi connectivity index (χ1v) is 9.80. The fourth-order valence-corrected chi connectivity index (χ4v) is 4.74. The molecule has 0 amide bonds. The predicted molar refractivity (Wildman–Crippen MR) is 98.5 cm³/mol. The molecule has 3 rings (SSSR count). The lowest BCUT2D eigenvalue weighted by atomic mass is 9.64. The minimum Gasteiger partial charge on any atom is -0.489 e. The minimum absolute atomic E-state index is 0.157. The average Bonchev–Trinajstić information content (AvgIpc) is 2.58. The molecule has 24 heavy (non-hydrogen) atoms. The number of para-hydroxylation sites is 1. The number of carbonyl (C=O) groups is 1. The summed E-state index contributed by atoms with van der Waals surface area (Å²) >= 11 is 0. The van der Waals surface area contributed by atoms with Crippen LogP contribution >= 0.6 is 0 Å². The molecule has 1 aliphatic heterocycles. The molecule has 3 atom stereocenters. The summed E-state index contributed by atoms with van der Waals surface area (Å²) in [6.07, 6.45) is 9.05. The molecule has 1 aromatic rings. The third-order valence-corrected chi connectivity index (χ3v) is 6.13. The molecule has 1 unspecified atom stereocenters. The van der Waals surface area contributed by atoms with Gasteiger partial charge in [-0.15, -0.1) is 0 Å². The van der Waals surface area contributed by atoms with Crippen molar-refractivity contribution in [3.8, 4) is 5.75 Å². The number of fused-ring (bicyclic) bond motifs is 3. The van der Waals surface area contributed by atoms with E-state index < -0.39 is 0 Å². The summed E-state index contributed by atoms with van der Waals surface area (Å²) in [5.74, 6) is 2.28. The Kier molecular flexibility index (Phi) is 5.32. The first-order chi connectivity index (χ1) is 11.5. The molecule has 2 aliphatic rings. The van der Waals surface area contributed by atoms with Crippen molar-refractivity contribution >= 4 is 5.78 Å². The number of hydrogen-bond acceptors (Lipinski definition) is 2. The maximum Gasteiger partial charge on any atom is 0.133 e. The molecule has 0 spiro atoms. The highest BCUT2D eigenvalue weighted by Crippen LogP contribution is 2.51. The minimum atomic E-state index is 0.157. The summed E-state index contributed by atoms with van der Waals surface area (Å²) in [4.78, 5) is 12.1. The third kappa shape index (κ3) is 3.53. The number of ketones is 1. The van der Waals surface area contributed by atoms with Gasteiger partial charge in [0.2, 0.25) is 0 Å². The lowest BCUT2D eigenvalue weighted by Crippen LogP contribution is -2.47. The first kappa shape index (κ1) is 17.5. The number of hydrogen-bond donors (Lipinski definition) is 0. The molecule has 0 N–H and O–H groups in total. The second kappa shape index (κ2) is 7.29. The number of ether oxygens (including phenoxy) is 1. The molecule has 0 radical (unpaired) electrons. The molecule has 1 saturated carbocycles. The third-order valence-electron chi connectivity index (χ3n) is 6.13. The van der Waals surface area contributed by atoms with Gasteiger partial charge in [-0.05, 0) is 24.5 Å². The Bertz CT molecular complexity index is 575. The SMILES string of the molecule is CCCCCCC(C)(C)C1Oc2ccccc2[C@@H]2CC(=O)CC[C@@H]12. The summed E-state index contributed by atoms with van der Waals surface area (Å²) < 4.78 is 6.55. The number of carbonyl (C=O) groups excluding carboxylic acids is 1. The molecule has 132 valence electrons. The highest BCUT2D eigenvalue weighted by atomic mass is 16.5. The van der Waals surface area contributed by atoms with E-state index in [0.717, 1.165) is 18.6 Å². The largest absolute Gasteiger partial charge is 0.489 e. The van der Waals surface area contributed by atoms with Crippen LogP contribution in [0.1, 0.15) is 83.6 Å². The van der Waals surface area contributed by atoms with E-state index in [1.165, 1.54) is 37.7 Å². The molecule has 2 heteroatoms. The van der Waals surface area contributed by atoms with Gasteiger partial charge in [-0.3, -0.25) is 4.79 Å². The van der Waals surface area contributed by atoms with E-state index >= 15 is 0 Å². The van der Waals surface area contributed by atoms with Crippen LogP contribution in [0.5, 0.6) is 5.75 Å². The summed E-state index contributed by atoms with van der Waals surface area (Å²) in [5, 5.41) is 0. The van der Waals surface area contributed by atoms with Gasteiger partial charge in [0.25, 0.3) is 0 Å². The van der Waals surface area contributed by atoms with Crippen molar-refractivity contribution in [3.63, 3.8) is 0 Å². The van der Waals surface area contributed by atoms with Crippen LogP contribution in [0.4, 0.5) is 0 Å². The van der Waals surface area contributed by atoms with Gasteiger partial charge >= 0.3 is 0 Å². The van der Waals surface area contributed by atoms with E-state index in [1.54, 1.807) is 0 Å². The van der Waals surface area contributed by atoms with Gasteiger partial charge in [0.15, 0.2) is 0 Å². The molecule has 0 saturated heterocycles. The van der Waals surface area contributed by atoms with Crippen molar-refractivity contribution in [3.05, 3.63) is 29.8 Å². The van der Waals surface area contributed by atoms with Crippen LogP contribution in [0.25, 0.3) is 0 Å². The van der Waals surface area contributed by atoms with E-state index in [1.807, 2.05) is 0 Å². The standard InChI is InChI=1S/C22H32O2/c1-4-5-6-9-14-22(2,3)21-18-13-12-16(23)15-19(18)17-10-7-8-11-20(17)24-21/h7-8,10-11,18-19,21H,4-6,9,12-15H2,1-3H3/t18-,19+,21?/m1/s1. The maximum atomic E-state index is 12.1. The molecular formula is C22H32O2. The maximum absolute atomic E-state index is 12.1. The normalized spacial score (nSPS) is 26.5. The zero-order chi connectivity index (χ0) is 17.2. The molecule has 2 nitrogen and oxygen atoms in total. The van der Waals surface area contributed by atoms with Crippen LogP contribution in [0.2, 0.25) is 0 Å². The second-order valence-electron chi connectivity index (χ2n) is 8.43. The Hall–Kier alpha value is -1.31. The number of rotatable bonds is 6. The molecule has 1 aliphatic carbocycles. The fraction of sp³-hybridized carbons (Fsp3) is 0.682. The highest BCUT2D eigenvalue weighted by Gasteiger charge is 2.47. The smallest absolute Gasteiger partial charge is 0.133 e. The van der Waals surface area contributed by atoms with Gasteiger partial charge in [0, 0.05) is 30.1 Å². The zero-order valence-electron chi connectivity index (χ0n) is 15.5. The quantitative estimate of drug-likeness (QED) is 0.608. The Morgan fingerprint density at radius 3 is 2.75 bits per heavy atom. The van der Waals surface area contributed by atoms with Gasteiger partial charge in [-0.2, -0.15) is 0 Å². The average molecular weight is 328 g/mol. The van der Waals surface area contributed by atoms with E-state index in [4.69, 9.17) is 4.74 Å². The predicted octanol–water partition coefficient (Wildman–Crippen LogP) is 5.90. The highest BCUT2D eigenvalue weighted by molar-refractivity contribution is 5.80. The molecule has 0 aromatic heterocycles. The Labute approximate surface area is 147 Å². The summed E-state index contributed by atoms with van der Waals surface area (Å²) in [6, 6.07) is 8.38. The van der Waals surface area contributed by atoms with Gasteiger partial charge < -0.3 is 4.74 Å². The van der Waals surface area contributed by atoms with E-state index in [0.29, 0.717) is 24.0 Å². The molecule has 0 bridgehead atoms.